The number of amides is 1. The number of hydrogen-bond acceptors (Lipinski definition) is 4. The van der Waals surface area contributed by atoms with Crippen LogP contribution in [0.1, 0.15) is 11.5 Å². The molecule has 2 aliphatic heterocycles. The van der Waals surface area contributed by atoms with Crippen molar-refractivity contribution in [2.75, 3.05) is 39.7 Å². The Bertz CT molecular complexity index is 530. The van der Waals surface area contributed by atoms with Gasteiger partial charge in [0.2, 0.25) is 5.91 Å². The third kappa shape index (κ3) is 1.76. The molecule has 2 heterocycles. The van der Waals surface area contributed by atoms with Gasteiger partial charge in [-0.25, -0.2) is 0 Å². The summed E-state index contributed by atoms with van der Waals surface area (Å²) in [6.07, 6.45) is 0. The molecule has 0 unspecified atom stereocenters. The third-order valence-corrected chi connectivity index (χ3v) is 4.06. The van der Waals surface area contributed by atoms with Gasteiger partial charge < -0.3 is 19.7 Å². The van der Waals surface area contributed by atoms with Crippen molar-refractivity contribution in [3.63, 3.8) is 0 Å². The highest BCUT2D eigenvalue weighted by Crippen LogP contribution is 2.47. The Kier molecular flexibility index (Phi) is 2.86. The van der Waals surface area contributed by atoms with E-state index < -0.39 is 0 Å². The lowest BCUT2D eigenvalue weighted by Crippen LogP contribution is -2.33. The fourth-order valence-corrected chi connectivity index (χ4v) is 3.18. The number of methoxy groups -OCH3 is 2. The van der Waals surface area contributed by atoms with E-state index in [2.05, 4.69) is 10.2 Å². The maximum absolute atomic E-state index is 12.2. The summed E-state index contributed by atoms with van der Waals surface area (Å²) in [6, 6.07) is 3.94. The highest BCUT2D eigenvalue weighted by Gasteiger charge is 2.42. The second kappa shape index (κ2) is 4.42. The number of anilines is 1. The van der Waals surface area contributed by atoms with Crippen LogP contribution in [0, 0.1) is 5.92 Å². The zero-order valence-electron chi connectivity index (χ0n) is 11.4. The van der Waals surface area contributed by atoms with E-state index in [1.807, 2.05) is 19.2 Å². The molecule has 1 amide bonds. The van der Waals surface area contributed by atoms with Crippen molar-refractivity contribution < 1.29 is 14.3 Å². The number of fused-ring (bicyclic) bond motifs is 3. The van der Waals surface area contributed by atoms with Crippen LogP contribution in [0.15, 0.2) is 12.1 Å². The maximum Gasteiger partial charge on any atom is 0.229 e. The highest BCUT2D eigenvalue weighted by atomic mass is 16.5. The second-order valence-corrected chi connectivity index (χ2v) is 5.19. The first kappa shape index (κ1) is 12.3. The minimum atomic E-state index is 0.0376. The smallest absolute Gasteiger partial charge is 0.229 e. The van der Waals surface area contributed by atoms with Crippen LogP contribution >= 0.6 is 0 Å². The number of benzene rings is 1. The van der Waals surface area contributed by atoms with Crippen LogP contribution in [0.5, 0.6) is 11.5 Å². The third-order valence-electron chi connectivity index (χ3n) is 4.06. The van der Waals surface area contributed by atoms with Crippen molar-refractivity contribution in [2.24, 2.45) is 5.92 Å². The number of rotatable bonds is 2. The van der Waals surface area contributed by atoms with E-state index in [4.69, 9.17) is 9.47 Å². The Hall–Kier alpha value is -1.75. The molecule has 1 fully saturated rings. The van der Waals surface area contributed by atoms with E-state index in [1.54, 1.807) is 14.2 Å². The first-order valence-corrected chi connectivity index (χ1v) is 6.40. The van der Waals surface area contributed by atoms with Crippen molar-refractivity contribution in [1.82, 2.24) is 4.90 Å². The molecule has 1 aromatic carbocycles. The Balaban J connectivity index is 2.12. The van der Waals surface area contributed by atoms with Crippen LogP contribution in [0.4, 0.5) is 5.69 Å². The lowest BCUT2D eigenvalue weighted by Gasteiger charge is -2.29. The van der Waals surface area contributed by atoms with Crippen LogP contribution in [0.25, 0.3) is 0 Å². The van der Waals surface area contributed by atoms with E-state index in [0.717, 1.165) is 24.3 Å². The van der Waals surface area contributed by atoms with Crippen LogP contribution in [0.3, 0.4) is 0 Å². The van der Waals surface area contributed by atoms with Gasteiger partial charge in [0.1, 0.15) is 0 Å². The predicted octanol–water partition coefficient (Wildman–Crippen LogP) is 1.30. The van der Waals surface area contributed by atoms with Gasteiger partial charge in [-0.2, -0.15) is 0 Å². The standard InChI is InChI=1S/C14H18N2O3/c1-16-6-9-8-4-5-11(18-2)13(19-3)12(8)15-14(17)10(9)7-16/h4-5,9-10H,6-7H2,1-3H3,(H,15,17)/t9-,10+/m0/s1. The van der Waals surface area contributed by atoms with Crippen molar-refractivity contribution in [3.8, 4) is 11.5 Å². The molecule has 19 heavy (non-hydrogen) atoms. The topological polar surface area (TPSA) is 50.8 Å². The highest BCUT2D eigenvalue weighted by molar-refractivity contribution is 5.99. The van der Waals surface area contributed by atoms with Crippen LogP contribution in [-0.4, -0.2) is 45.2 Å². The number of hydrogen-bond donors (Lipinski definition) is 1. The quantitative estimate of drug-likeness (QED) is 0.873. The molecule has 1 saturated heterocycles. The van der Waals surface area contributed by atoms with Crippen LogP contribution in [-0.2, 0) is 4.79 Å². The molecule has 3 rings (SSSR count). The minimum absolute atomic E-state index is 0.0376. The van der Waals surface area contributed by atoms with Gasteiger partial charge in [-0.3, -0.25) is 4.79 Å². The molecular weight excluding hydrogens is 244 g/mol. The molecule has 0 bridgehead atoms. The van der Waals surface area contributed by atoms with E-state index in [0.29, 0.717) is 11.5 Å². The lowest BCUT2D eigenvalue weighted by atomic mass is 9.84. The molecule has 1 aromatic rings. The molecule has 0 aliphatic carbocycles. The van der Waals surface area contributed by atoms with Crippen LogP contribution in [0.2, 0.25) is 0 Å². The number of carbonyl (C=O) groups excluding carboxylic acids is 1. The van der Waals surface area contributed by atoms with Crippen molar-refractivity contribution >= 4 is 11.6 Å². The molecule has 0 spiro atoms. The molecule has 0 radical (unpaired) electrons. The Labute approximate surface area is 112 Å². The van der Waals surface area contributed by atoms with E-state index in [1.165, 1.54) is 0 Å². The first-order chi connectivity index (χ1) is 9.15. The van der Waals surface area contributed by atoms with Gasteiger partial charge in [0.15, 0.2) is 11.5 Å². The SMILES string of the molecule is COc1ccc2c(c1OC)NC(=O)[C@@H]1CN(C)C[C@@H]21. The molecule has 102 valence electrons. The Morgan fingerprint density at radius 2 is 1.95 bits per heavy atom. The summed E-state index contributed by atoms with van der Waals surface area (Å²) < 4.78 is 10.7. The number of nitrogens with zero attached hydrogens (tertiary/aromatic N) is 1. The zero-order chi connectivity index (χ0) is 13.6. The maximum atomic E-state index is 12.2. The van der Waals surface area contributed by atoms with Gasteiger partial charge in [-0.1, -0.05) is 6.07 Å². The number of likely N-dealkylation sites (N-methyl/N-ethyl adjacent to an activating group) is 1. The summed E-state index contributed by atoms with van der Waals surface area (Å²) >= 11 is 0. The molecule has 1 N–H and O–H groups in total. The van der Waals surface area contributed by atoms with Gasteiger partial charge in [-0.05, 0) is 18.7 Å². The van der Waals surface area contributed by atoms with Crippen molar-refractivity contribution in [3.05, 3.63) is 17.7 Å². The summed E-state index contributed by atoms with van der Waals surface area (Å²) in [4.78, 5) is 14.4. The Morgan fingerprint density at radius 3 is 2.63 bits per heavy atom. The predicted molar refractivity (Wildman–Crippen MR) is 71.9 cm³/mol. The van der Waals surface area contributed by atoms with Gasteiger partial charge in [0, 0.05) is 19.0 Å². The van der Waals surface area contributed by atoms with Gasteiger partial charge in [-0.15, -0.1) is 0 Å². The molecule has 5 heteroatoms. The summed E-state index contributed by atoms with van der Waals surface area (Å²) in [6.45, 7) is 1.71. The number of nitrogens with one attached hydrogen (secondary N) is 1. The number of ether oxygens (including phenoxy) is 2. The van der Waals surface area contributed by atoms with Crippen molar-refractivity contribution in [1.29, 1.82) is 0 Å². The molecule has 0 saturated carbocycles. The fourth-order valence-electron chi connectivity index (χ4n) is 3.18. The van der Waals surface area contributed by atoms with Gasteiger partial charge >= 0.3 is 0 Å². The molecule has 2 aliphatic rings. The summed E-state index contributed by atoms with van der Waals surface area (Å²) in [5.74, 6) is 1.62. The lowest BCUT2D eigenvalue weighted by molar-refractivity contribution is -0.120. The minimum Gasteiger partial charge on any atom is -0.493 e. The largest absolute Gasteiger partial charge is 0.493 e. The Morgan fingerprint density at radius 1 is 1.21 bits per heavy atom. The second-order valence-electron chi connectivity index (χ2n) is 5.19. The molecule has 5 nitrogen and oxygen atoms in total. The summed E-state index contributed by atoms with van der Waals surface area (Å²) in [5.41, 5.74) is 1.91. The number of carbonyl (C=O) groups is 1. The van der Waals surface area contributed by atoms with Gasteiger partial charge in [0.25, 0.3) is 0 Å². The average molecular weight is 262 g/mol. The average Bonchev–Trinajstić information content (AvgIpc) is 2.80. The fraction of sp³-hybridized carbons (Fsp3) is 0.500. The first-order valence-electron chi connectivity index (χ1n) is 6.40. The van der Waals surface area contributed by atoms with E-state index in [-0.39, 0.29) is 17.7 Å². The number of likely N-dealkylation sites (tertiary alicyclic amines) is 1. The normalized spacial score (nSPS) is 25.5. The molecule has 2 atom stereocenters. The molecular formula is C14H18N2O3. The van der Waals surface area contributed by atoms with Crippen LogP contribution < -0.4 is 14.8 Å². The van der Waals surface area contributed by atoms with E-state index >= 15 is 0 Å². The monoisotopic (exact) mass is 262 g/mol. The molecule has 0 aromatic heterocycles. The van der Waals surface area contributed by atoms with Crippen molar-refractivity contribution in [2.45, 2.75) is 5.92 Å². The zero-order valence-corrected chi connectivity index (χ0v) is 11.4. The van der Waals surface area contributed by atoms with Gasteiger partial charge in [0.05, 0.1) is 25.8 Å². The van der Waals surface area contributed by atoms with E-state index in [9.17, 15) is 4.79 Å². The summed E-state index contributed by atoms with van der Waals surface area (Å²) in [5, 5.41) is 2.98. The summed E-state index contributed by atoms with van der Waals surface area (Å²) in [7, 11) is 5.24.